The minimum atomic E-state index is -0.204. The van der Waals surface area contributed by atoms with E-state index in [-0.39, 0.29) is 11.3 Å². The summed E-state index contributed by atoms with van der Waals surface area (Å²) in [6, 6.07) is 5.95. The number of nitrogens with zero attached hydrogens (tertiary/aromatic N) is 1. The highest BCUT2D eigenvalue weighted by Crippen LogP contribution is 2.21. The molecule has 4 nitrogen and oxygen atoms in total. The molecular formula is C10H10BrClN2O2. The monoisotopic (exact) mass is 304 g/mol. The van der Waals surface area contributed by atoms with Gasteiger partial charge in [-0.05, 0) is 18.0 Å². The van der Waals surface area contributed by atoms with Crippen LogP contribution in [0.25, 0.3) is 5.69 Å². The molecule has 0 amide bonds. The van der Waals surface area contributed by atoms with Gasteiger partial charge in [-0.15, -0.1) is 0 Å². The van der Waals surface area contributed by atoms with Crippen molar-refractivity contribution in [3.8, 4) is 11.4 Å². The van der Waals surface area contributed by atoms with Gasteiger partial charge < -0.3 is 5.11 Å². The van der Waals surface area contributed by atoms with Crippen molar-refractivity contribution in [2.75, 3.05) is 5.83 Å². The first-order chi connectivity index (χ1) is 7.65. The molecule has 0 bridgehead atoms. The SMILES string of the molecule is CBr.O=c1ccn(-c2cc(O)cc(Cl)c2)[nH]1. The maximum absolute atomic E-state index is 10.9. The number of phenolic OH excluding ortho intramolecular Hbond substituents is 1. The lowest BCUT2D eigenvalue weighted by atomic mass is 10.3. The Kier molecular flexibility index (Phi) is 4.64. The summed E-state index contributed by atoms with van der Waals surface area (Å²) in [5.41, 5.74) is 0.404. The van der Waals surface area contributed by atoms with Crippen LogP contribution in [0.15, 0.2) is 35.3 Å². The Morgan fingerprint density at radius 2 is 2.06 bits per heavy atom. The summed E-state index contributed by atoms with van der Waals surface area (Å²) in [6.07, 6.45) is 1.56. The van der Waals surface area contributed by atoms with E-state index in [0.717, 1.165) is 0 Å². The fraction of sp³-hybridized carbons (Fsp3) is 0.100. The predicted molar refractivity (Wildman–Crippen MR) is 67.9 cm³/mol. The number of aromatic amines is 1. The molecule has 0 saturated heterocycles. The van der Waals surface area contributed by atoms with Crippen LogP contribution in [-0.2, 0) is 0 Å². The summed E-state index contributed by atoms with van der Waals surface area (Å²) in [6.45, 7) is 0. The molecule has 0 radical (unpaired) electrons. The van der Waals surface area contributed by atoms with Crippen LogP contribution in [0.5, 0.6) is 5.75 Å². The van der Waals surface area contributed by atoms with Gasteiger partial charge in [0.1, 0.15) is 5.75 Å². The van der Waals surface area contributed by atoms with E-state index in [0.29, 0.717) is 10.7 Å². The van der Waals surface area contributed by atoms with Gasteiger partial charge in [0, 0.05) is 23.4 Å². The molecular weight excluding hydrogens is 295 g/mol. The van der Waals surface area contributed by atoms with E-state index in [1.807, 2.05) is 5.83 Å². The van der Waals surface area contributed by atoms with Crippen molar-refractivity contribution in [3.63, 3.8) is 0 Å². The maximum atomic E-state index is 10.9. The first kappa shape index (κ1) is 12.9. The minimum Gasteiger partial charge on any atom is -0.508 e. The molecule has 2 aromatic rings. The van der Waals surface area contributed by atoms with Crippen LogP contribution in [0.2, 0.25) is 5.02 Å². The molecule has 2 N–H and O–H groups in total. The molecule has 0 saturated carbocycles. The van der Waals surface area contributed by atoms with Crippen molar-refractivity contribution in [1.29, 1.82) is 0 Å². The second kappa shape index (κ2) is 5.77. The molecule has 2 rings (SSSR count). The summed E-state index contributed by atoms with van der Waals surface area (Å²) in [7, 11) is 0. The zero-order valence-electron chi connectivity index (χ0n) is 8.45. The Morgan fingerprint density at radius 3 is 2.56 bits per heavy atom. The summed E-state index contributed by atoms with van der Waals surface area (Å²) in [4.78, 5) is 10.9. The van der Waals surface area contributed by atoms with Crippen molar-refractivity contribution in [2.24, 2.45) is 0 Å². The normalized spacial score (nSPS) is 9.44. The van der Waals surface area contributed by atoms with Gasteiger partial charge in [-0.1, -0.05) is 27.5 Å². The van der Waals surface area contributed by atoms with Gasteiger partial charge >= 0.3 is 0 Å². The standard InChI is InChI=1S/C9H7ClN2O2.CH3Br/c10-6-3-7(5-8(13)4-6)12-2-1-9(14)11-12;1-2/h1-5,13H,(H,11,14);1H3. The van der Waals surface area contributed by atoms with Gasteiger partial charge in [0.15, 0.2) is 0 Å². The van der Waals surface area contributed by atoms with Crippen molar-refractivity contribution in [2.45, 2.75) is 0 Å². The van der Waals surface area contributed by atoms with Gasteiger partial charge in [-0.3, -0.25) is 14.6 Å². The number of phenols is 1. The molecule has 0 unspecified atom stereocenters. The first-order valence-corrected chi connectivity index (χ1v) is 6.27. The average Bonchev–Trinajstić information content (AvgIpc) is 2.66. The van der Waals surface area contributed by atoms with Crippen LogP contribution in [-0.4, -0.2) is 20.7 Å². The van der Waals surface area contributed by atoms with Gasteiger partial charge in [-0.25, -0.2) is 0 Å². The quantitative estimate of drug-likeness (QED) is 0.796. The number of halogens is 2. The van der Waals surface area contributed by atoms with Crippen LogP contribution in [0, 0.1) is 0 Å². The van der Waals surface area contributed by atoms with Crippen molar-refractivity contribution < 1.29 is 5.11 Å². The molecule has 0 aliphatic carbocycles. The van der Waals surface area contributed by atoms with Crippen molar-refractivity contribution in [3.05, 3.63) is 45.8 Å². The lowest BCUT2D eigenvalue weighted by Crippen LogP contribution is -2.02. The Hall–Kier alpha value is -1.20. The highest BCUT2D eigenvalue weighted by molar-refractivity contribution is 9.08. The van der Waals surface area contributed by atoms with E-state index >= 15 is 0 Å². The Morgan fingerprint density at radius 1 is 1.38 bits per heavy atom. The number of hydrogen-bond donors (Lipinski definition) is 2. The average molecular weight is 306 g/mol. The number of hydrogen-bond acceptors (Lipinski definition) is 2. The topological polar surface area (TPSA) is 58.0 Å². The molecule has 86 valence electrons. The van der Waals surface area contributed by atoms with Gasteiger partial charge in [-0.2, -0.15) is 0 Å². The van der Waals surface area contributed by atoms with E-state index in [9.17, 15) is 9.90 Å². The molecule has 0 aliphatic heterocycles. The number of H-pyrrole nitrogens is 1. The number of benzene rings is 1. The Balaban J connectivity index is 0.000000606. The van der Waals surface area contributed by atoms with Crippen LogP contribution in [0.1, 0.15) is 0 Å². The van der Waals surface area contributed by atoms with E-state index in [1.165, 1.54) is 22.9 Å². The molecule has 1 aromatic carbocycles. The van der Waals surface area contributed by atoms with Crippen molar-refractivity contribution >= 4 is 27.5 Å². The lowest BCUT2D eigenvalue weighted by molar-refractivity contribution is 0.475. The van der Waals surface area contributed by atoms with Gasteiger partial charge in [0.25, 0.3) is 5.56 Å². The smallest absolute Gasteiger partial charge is 0.264 e. The maximum Gasteiger partial charge on any atom is 0.264 e. The fourth-order valence-corrected chi connectivity index (χ4v) is 1.41. The molecule has 1 heterocycles. The second-order valence-corrected chi connectivity index (χ2v) is 3.27. The van der Waals surface area contributed by atoms with E-state index in [4.69, 9.17) is 11.6 Å². The largest absolute Gasteiger partial charge is 0.508 e. The van der Waals surface area contributed by atoms with Gasteiger partial charge in [0.05, 0.1) is 5.69 Å². The molecule has 6 heteroatoms. The summed E-state index contributed by atoms with van der Waals surface area (Å²) >= 11 is 8.68. The second-order valence-electron chi connectivity index (χ2n) is 2.83. The molecule has 16 heavy (non-hydrogen) atoms. The van der Waals surface area contributed by atoms with E-state index < -0.39 is 0 Å². The molecule has 0 atom stereocenters. The Labute approximate surface area is 106 Å². The van der Waals surface area contributed by atoms with Crippen LogP contribution >= 0.6 is 27.5 Å². The van der Waals surface area contributed by atoms with E-state index in [2.05, 4.69) is 21.0 Å². The zero-order chi connectivity index (χ0) is 12.1. The Bertz CT molecular complexity index is 501. The van der Waals surface area contributed by atoms with Crippen LogP contribution in [0.4, 0.5) is 0 Å². The predicted octanol–water partition coefficient (Wildman–Crippen LogP) is 2.54. The van der Waals surface area contributed by atoms with Crippen LogP contribution in [0.3, 0.4) is 0 Å². The van der Waals surface area contributed by atoms with Gasteiger partial charge in [0.2, 0.25) is 0 Å². The third-order valence-electron chi connectivity index (χ3n) is 1.75. The molecule has 1 aromatic heterocycles. The third-order valence-corrected chi connectivity index (χ3v) is 1.97. The van der Waals surface area contributed by atoms with Crippen molar-refractivity contribution in [1.82, 2.24) is 9.78 Å². The summed E-state index contributed by atoms with van der Waals surface area (Å²) in [5, 5.41) is 12.2. The van der Waals surface area contributed by atoms with E-state index in [1.54, 1.807) is 12.3 Å². The molecule has 0 spiro atoms. The third kappa shape index (κ3) is 3.15. The number of aromatic hydroxyl groups is 1. The summed E-state index contributed by atoms with van der Waals surface area (Å²) in [5.74, 6) is 1.87. The molecule has 0 aliphatic rings. The number of nitrogens with one attached hydrogen (secondary N) is 1. The number of rotatable bonds is 1. The number of aromatic nitrogens is 2. The highest BCUT2D eigenvalue weighted by Gasteiger charge is 2.00. The van der Waals surface area contributed by atoms with Crippen LogP contribution < -0.4 is 5.56 Å². The highest BCUT2D eigenvalue weighted by atomic mass is 79.9. The molecule has 0 fully saturated rings. The lowest BCUT2D eigenvalue weighted by Gasteiger charge is -2.03. The minimum absolute atomic E-state index is 0.0575. The first-order valence-electron chi connectivity index (χ1n) is 4.30. The fourth-order valence-electron chi connectivity index (χ4n) is 1.18. The number of alkyl halides is 1. The zero-order valence-corrected chi connectivity index (χ0v) is 10.8. The summed E-state index contributed by atoms with van der Waals surface area (Å²) < 4.78 is 1.48.